The lowest BCUT2D eigenvalue weighted by molar-refractivity contribution is 0.0624. The normalized spacial score (nSPS) is 20.0. The van der Waals surface area contributed by atoms with Gasteiger partial charge in [0, 0.05) is 23.7 Å². The van der Waals surface area contributed by atoms with Crippen molar-refractivity contribution in [2.24, 2.45) is 11.8 Å². The van der Waals surface area contributed by atoms with Crippen molar-refractivity contribution >= 4 is 29.0 Å². The Labute approximate surface area is 163 Å². The zero-order valence-electron chi connectivity index (χ0n) is 15.5. The fraction of sp³-hybridized carbons (Fsp3) is 0.381. The molecule has 1 fully saturated rings. The Morgan fingerprint density at radius 1 is 1.07 bits per heavy atom. The van der Waals surface area contributed by atoms with Crippen LogP contribution in [0.2, 0.25) is 0 Å². The van der Waals surface area contributed by atoms with Crippen molar-refractivity contribution in [2.45, 2.75) is 30.9 Å². The van der Waals surface area contributed by atoms with Crippen molar-refractivity contribution in [1.82, 2.24) is 4.90 Å². The van der Waals surface area contributed by atoms with Gasteiger partial charge in [-0.3, -0.25) is 4.79 Å². The van der Waals surface area contributed by atoms with E-state index < -0.39 is 5.76 Å². The van der Waals surface area contributed by atoms with Crippen LogP contribution in [-0.4, -0.2) is 29.7 Å². The number of halogens is 2. The average molecular weight is 390 g/mol. The van der Waals surface area contributed by atoms with E-state index in [1.165, 1.54) is 0 Å². The third-order valence-electron chi connectivity index (χ3n) is 4.67. The highest BCUT2D eigenvalue weighted by atomic mass is 32.2. The summed E-state index contributed by atoms with van der Waals surface area (Å²) in [6.45, 7) is 5.91. The van der Waals surface area contributed by atoms with Crippen LogP contribution in [0.3, 0.4) is 0 Å². The van der Waals surface area contributed by atoms with Crippen molar-refractivity contribution < 1.29 is 13.6 Å². The van der Waals surface area contributed by atoms with E-state index in [2.05, 4.69) is 19.2 Å². The minimum absolute atomic E-state index is 0.0291. The standard InChI is InChI=1S/C21H24F2N2OS/c1-14-11-15(2)13-25(12-14)20(26)18-5-3-4-6-19(18)24-16-7-9-17(10-8-16)27-21(22)23/h3-10,14-15,21,24H,11-13H2,1-2H3/t14-,15-/m1/s1. The number of amides is 1. The Bertz CT molecular complexity index is 772. The van der Waals surface area contributed by atoms with Gasteiger partial charge in [0.2, 0.25) is 0 Å². The van der Waals surface area contributed by atoms with Crippen LogP contribution in [0.5, 0.6) is 0 Å². The van der Waals surface area contributed by atoms with E-state index in [0.717, 1.165) is 30.9 Å². The Morgan fingerprint density at radius 3 is 2.33 bits per heavy atom. The Kier molecular flexibility index (Phi) is 6.37. The van der Waals surface area contributed by atoms with E-state index in [1.54, 1.807) is 24.3 Å². The van der Waals surface area contributed by atoms with Gasteiger partial charge in [0.1, 0.15) is 0 Å². The molecular formula is C21H24F2N2OS. The molecule has 1 saturated heterocycles. The molecule has 0 aliphatic carbocycles. The van der Waals surface area contributed by atoms with Gasteiger partial charge in [-0.25, -0.2) is 0 Å². The number of carbonyl (C=O) groups excluding carboxylic acids is 1. The van der Waals surface area contributed by atoms with E-state index in [1.807, 2.05) is 29.2 Å². The second-order valence-corrected chi connectivity index (χ2v) is 8.29. The Hall–Kier alpha value is -2.08. The molecule has 3 rings (SSSR count). The number of hydrogen-bond donors (Lipinski definition) is 1. The molecule has 0 radical (unpaired) electrons. The van der Waals surface area contributed by atoms with Crippen LogP contribution in [-0.2, 0) is 0 Å². The molecule has 144 valence electrons. The number of piperidine rings is 1. The summed E-state index contributed by atoms with van der Waals surface area (Å²) in [4.78, 5) is 15.5. The van der Waals surface area contributed by atoms with Gasteiger partial charge < -0.3 is 10.2 Å². The zero-order valence-corrected chi connectivity index (χ0v) is 16.3. The Balaban J connectivity index is 1.76. The molecule has 0 spiro atoms. The first-order valence-corrected chi connectivity index (χ1v) is 10.0. The fourth-order valence-corrected chi connectivity index (χ4v) is 4.15. The third-order valence-corrected chi connectivity index (χ3v) is 5.39. The van der Waals surface area contributed by atoms with Crippen LogP contribution < -0.4 is 5.32 Å². The van der Waals surface area contributed by atoms with Crippen LogP contribution >= 0.6 is 11.8 Å². The van der Waals surface area contributed by atoms with Crippen molar-refractivity contribution in [2.75, 3.05) is 18.4 Å². The molecule has 1 aliphatic rings. The molecule has 0 saturated carbocycles. The van der Waals surface area contributed by atoms with Crippen LogP contribution in [0.4, 0.5) is 20.2 Å². The summed E-state index contributed by atoms with van der Waals surface area (Å²) in [5, 5.41) is 3.25. The minimum atomic E-state index is -2.43. The van der Waals surface area contributed by atoms with Crippen molar-refractivity contribution in [3.8, 4) is 0 Å². The summed E-state index contributed by atoms with van der Waals surface area (Å²) in [6.07, 6.45) is 1.15. The topological polar surface area (TPSA) is 32.3 Å². The molecule has 3 nitrogen and oxygen atoms in total. The van der Waals surface area contributed by atoms with Gasteiger partial charge in [-0.2, -0.15) is 8.78 Å². The number of para-hydroxylation sites is 1. The fourth-order valence-electron chi connectivity index (χ4n) is 3.65. The maximum Gasteiger partial charge on any atom is 0.288 e. The van der Waals surface area contributed by atoms with Gasteiger partial charge in [0.05, 0.1) is 11.3 Å². The molecule has 2 aromatic rings. The number of benzene rings is 2. The molecule has 0 unspecified atom stereocenters. The largest absolute Gasteiger partial charge is 0.355 e. The predicted molar refractivity (Wildman–Crippen MR) is 107 cm³/mol. The molecule has 1 aliphatic heterocycles. The van der Waals surface area contributed by atoms with Crippen molar-refractivity contribution in [3.63, 3.8) is 0 Å². The number of alkyl halides is 2. The van der Waals surface area contributed by atoms with Crippen LogP contribution in [0, 0.1) is 11.8 Å². The molecule has 0 aromatic heterocycles. The van der Waals surface area contributed by atoms with Gasteiger partial charge >= 0.3 is 0 Å². The summed E-state index contributed by atoms with van der Waals surface area (Å²) < 4.78 is 24.9. The number of hydrogen-bond acceptors (Lipinski definition) is 3. The Morgan fingerprint density at radius 2 is 1.70 bits per heavy atom. The number of nitrogens with zero attached hydrogens (tertiary/aromatic N) is 1. The summed E-state index contributed by atoms with van der Waals surface area (Å²) >= 11 is 0.519. The molecule has 6 heteroatoms. The molecule has 1 N–H and O–H groups in total. The molecule has 27 heavy (non-hydrogen) atoms. The van der Waals surface area contributed by atoms with Crippen LogP contribution in [0.15, 0.2) is 53.4 Å². The van der Waals surface area contributed by atoms with Gasteiger partial charge in [-0.05, 0) is 54.7 Å². The maximum atomic E-state index is 13.1. The number of carbonyl (C=O) groups is 1. The van der Waals surface area contributed by atoms with Crippen molar-refractivity contribution in [1.29, 1.82) is 0 Å². The first-order chi connectivity index (χ1) is 12.9. The smallest absolute Gasteiger partial charge is 0.288 e. The number of likely N-dealkylation sites (tertiary alicyclic amines) is 1. The molecule has 1 amide bonds. The van der Waals surface area contributed by atoms with Gasteiger partial charge in [-0.1, -0.05) is 37.7 Å². The predicted octanol–water partition coefficient (Wildman–Crippen LogP) is 5.86. The number of rotatable bonds is 5. The highest BCUT2D eigenvalue weighted by Gasteiger charge is 2.27. The van der Waals surface area contributed by atoms with E-state index in [-0.39, 0.29) is 5.91 Å². The average Bonchev–Trinajstić information content (AvgIpc) is 2.62. The third kappa shape index (κ3) is 5.22. The van der Waals surface area contributed by atoms with E-state index in [9.17, 15) is 13.6 Å². The highest BCUT2D eigenvalue weighted by molar-refractivity contribution is 7.99. The second-order valence-electron chi connectivity index (χ2n) is 7.23. The first-order valence-electron chi connectivity index (χ1n) is 9.12. The lowest BCUT2D eigenvalue weighted by Gasteiger charge is -2.35. The van der Waals surface area contributed by atoms with Crippen molar-refractivity contribution in [3.05, 3.63) is 54.1 Å². The van der Waals surface area contributed by atoms with Crippen LogP contribution in [0.25, 0.3) is 0 Å². The SMILES string of the molecule is C[C@@H]1C[C@@H](C)CN(C(=O)c2ccccc2Nc2ccc(SC(F)F)cc2)C1. The van der Waals surface area contributed by atoms with Crippen LogP contribution in [0.1, 0.15) is 30.6 Å². The highest BCUT2D eigenvalue weighted by Crippen LogP contribution is 2.29. The van der Waals surface area contributed by atoms with Gasteiger partial charge in [-0.15, -0.1) is 0 Å². The molecule has 2 aromatic carbocycles. The quantitative estimate of drug-likeness (QED) is 0.649. The minimum Gasteiger partial charge on any atom is -0.355 e. The van der Waals surface area contributed by atoms with E-state index in [0.29, 0.717) is 34.1 Å². The zero-order chi connectivity index (χ0) is 19.4. The molecular weight excluding hydrogens is 366 g/mol. The number of thioether (sulfide) groups is 1. The summed E-state index contributed by atoms with van der Waals surface area (Å²) in [5.41, 5.74) is 2.11. The molecule has 2 atom stereocenters. The maximum absolute atomic E-state index is 13.1. The second kappa shape index (κ2) is 8.74. The lowest BCUT2D eigenvalue weighted by atomic mass is 9.91. The van der Waals surface area contributed by atoms with Gasteiger partial charge in [0.15, 0.2) is 0 Å². The van der Waals surface area contributed by atoms with E-state index in [4.69, 9.17) is 0 Å². The monoisotopic (exact) mass is 390 g/mol. The first kappa shape index (κ1) is 19.7. The summed E-state index contributed by atoms with van der Waals surface area (Å²) in [6, 6.07) is 14.2. The summed E-state index contributed by atoms with van der Waals surface area (Å²) in [7, 11) is 0. The molecule has 1 heterocycles. The summed E-state index contributed by atoms with van der Waals surface area (Å²) in [5.74, 6) is -1.41. The number of nitrogens with one attached hydrogen (secondary N) is 1. The lowest BCUT2D eigenvalue weighted by Crippen LogP contribution is -2.42. The number of anilines is 2. The van der Waals surface area contributed by atoms with Gasteiger partial charge in [0.25, 0.3) is 11.7 Å². The van der Waals surface area contributed by atoms with E-state index >= 15 is 0 Å². The molecule has 0 bridgehead atoms.